The first-order valence-corrected chi connectivity index (χ1v) is 11.3. The van der Waals surface area contributed by atoms with Crippen molar-refractivity contribution in [3.8, 4) is 11.5 Å². The fourth-order valence-electron chi connectivity index (χ4n) is 4.93. The Morgan fingerprint density at radius 3 is 2.44 bits per heavy atom. The van der Waals surface area contributed by atoms with Crippen molar-refractivity contribution in [3.63, 3.8) is 0 Å². The van der Waals surface area contributed by atoms with Gasteiger partial charge in [-0.05, 0) is 48.9 Å². The van der Waals surface area contributed by atoms with Crippen molar-refractivity contribution in [2.75, 3.05) is 37.9 Å². The van der Waals surface area contributed by atoms with Crippen LogP contribution in [0.2, 0.25) is 0 Å². The standard InChI is InChI=1S/C25H31N3O4/c1-31-22-10-6-5-9-21(22)27-25(30)26-19-11-12-20(23(15-19)32-2)24(29)28-14-13-17-7-3-4-8-18(17)16-28/h5-6,9-12,15,17-18H,3-4,7-8,13-14,16H2,1-2H3,(H2,26,27,30). The van der Waals surface area contributed by atoms with Crippen LogP contribution in [0.5, 0.6) is 11.5 Å². The normalized spacial score (nSPS) is 20.1. The molecule has 1 saturated heterocycles. The molecule has 0 aromatic heterocycles. The molecule has 2 aromatic carbocycles. The largest absolute Gasteiger partial charge is 0.496 e. The third-order valence-electron chi connectivity index (χ3n) is 6.62. The van der Waals surface area contributed by atoms with Crippen LogP contribution < -0.4 is 20.1 Å². The number of carbonyl (C=O) groups excluding carboxylic acids is 2. The van der Waals surface area contributed by atoms with Crippen molar-refractivity contribution in [1.29, 1.82) is 0 Å². The highest BCUT2D eigenvalue weighted by Crippen LogP contribution is 2.37. The van der Waals surface area contributed by atoms with E-state index in [1.54, 1.807) is 37.4 Å². The van der Waals surface area contributed by atoms with Crippen molar-refractivity contribution >= 4 is 23.3 Å². The van der Waals surface area contributed by atoms with Crippen LogP contribution in [0.25, 0.3) is 0 Å². The van der Waals surface area contributed by atoms with Crippen molar-refractivity contribution < 1.29 is 19.1 Å². The summed E-state index contributed by atoms with van der Waals surface area (Å²) in [5.74, 6) is 2.41. The molecule has 1 aliphatic carbocycles. The summed E-state index contributed by atoms with van der Waals surface area (Å²) in [7, 11) is 3.09. The van der Waals surface area contributed by atoms with Crippen LogP contribution in [0.1, 0.15) is 42.5 Å². The second kappa shape index (κ2) is 9.94. The number of piperidine rings is 1. The Morgan fingerprint density at radius 1 is 0.906 bits per heavy atom. The van der Waals surface area contributed by atoms with Crippen LogP contribution in [0.4, 0.5) is 16.2 Å². The van der Waals surface area contributed by atoms with Gasteiger partial charge in [0.2, 0.25) is 0 Å². The molecule has 1 heterocycles. The molecule has 0 bridgehead atoms. The zero-order valence-corrected chi connectivity index (χ0v) is 18.7. The number of amides is 3. The summed E-state index contributed by atoms with van der Waals surface area (Å²) in [4.78, 5) is 27.7. The highest BCUT2D eigenvalue weighted by molar-refractivity contribution is 6.02. The van der Waals surface area contributed by atoms with Crippen molar-refractivity contribution in [3.05, 3.63) is 48.0 Å². The van der Waals surface area contributed by atoms with Crippen molar-refractivity contribution in [1.82, 2.24) is 4.90 Å². The first-order valence-electron chi connectivity index (χ1n) is 11.3. The van der Waals surface area contributed by atoms with Crippen LogP contribution in [0, 0.1) is 11.8 Å². The second-order valence-electron chi connectivity index (χ2n) is 8.54. The summed E-state index contributed by atoms with van der Waals surface area (Å²) < 4.78 is 10.8. The van der Waals surface area contributed by atoms with E-state index in [1.165, 1.54) is 32.8 Å². The SMILES string of the molecule is COc1ccccc1NC(=O)Nc1ccc(C(=O)N2CCC3CCCCC3C2)c(OC)c1. The predicted octanol–water partition coefficient (Wildman–Crippen LogP) is 5.00. The Morgan fingerprint density at radius 2 is 1.66 bits per heavy atom. The van der Waals surface area contributed by atoms with E-state index in [1.807, 2.05) is 17.0 Å². The molecule has 2 atom stereocenters. The number of nitrogens with zero attached hydrogens (tertiary/aromatic N) is 1. The smallest absolute Gasteiger partial charge is 0.323 e. The molecule has 2 N–H and O–H groups in total. The number of nitrogens with one attached hydrogen (secondary N) is 2. The average Bonchev–Trinajstić information content (AvgIpc) is 2.83. The van der Waals surface area contributed by atoms with Gasteiger partial charge in [-0.25, -0.2) is 4.79 Å². The minimum Gasteiger partial charge on any atom is -0.496 e. The van der Waals surface area contributed by atoms with Crippen LogP contribution in [0.15, 0.2) is 42.5 Å². The van der Waals surface area contributed by atoms with Crippen LogP contribution in [-0.4, -0.2) is 44.1 Å². The molecule has 2 aliphatic rings. The minimum atomic E-state index is -0.407. The number of fused-ring (bicyclic) bond motifs is 1. The Balaban J connectivity index is 1.43. The third-order valence-corrected chi connectivity index (χ3v) is 6.62. The van der Waals surface area contributed by atoms with Gasteiger partial charge in [0.05, 0.1) is 25.5 Å². The number of methoxy groups -OCH3 is 2. The number of para-hydroxylation sites is 2. The van der Waals surface area contributed by atoms with E-state index >= 15 is 0 Å². The Hall–Kier alpha value is -3.22. The van der Waals surface area contributed by atoms with E-state index in [2.05, 4.69) is 10.6 Å². The third kappa shape index (κ3) is 4.82. The Labute approximate surface area is 189 Å². The van der Waals surface area contributed by atoms with E-state index in [-0.39, 0.29) is 5.91 Å². The van der Waals surface area contributed by atoms with Gasteiger partial charge < -0.3 is 25.0 Å². The van der Waals surface area contributed by atoms with Gasteiger partial charge in [-0.15, -0.1) is 0 Å². The topological polar surface area (TPSA) is 79.9 Å². The molecule has 3 amide bonds. The maximum absolute atomic E-state index is 13.2. The Bertz CT molecular complexity index is 977. The summed E-state index contributed by atoms with van der Waals surface area (Å²) in [6.45, 7) is 1.62. The molecule has 0 radical (unpaired) electrons. The molecule has 1 saturated carbocycles. The predicted molar refractivity (Wildman–Crippen MR) is 125 cm³/mol. The second-order valence-corrected chi connectivity index (χ2v) is 8.54. The molecular formula is C25H31N3O4. The number of benzene rings is 2. The molecule has 7 heteroatoms. The van der Waals surface area contributed by atoms with Crippen LogP contribution in [0.3, 0.4) is 0 Å². The number of urea groups is 1. The summed E-state index contributed by atoms with van der Waals surface area (Å²) in [6.07, 6.45) is 6.19. The molecule has 2 unspecified atom stereocenters. The molecule has 170 valence electrons. The minimum absolute atomic E-state index is 0.00380. The zero-order valence-electron chi connectivity index (χ0n) is 18.7. The van der Waals surface area contributed by atoms with Gasteiger partial charge in [0.1, 0.15) is 11.5 Å². The fourth-order valence-corrected chi connectivity index (χ4v) is 4.93. The molecule has 2 fully saturated rings. The summed E-state index contributed by atoms with van der Waals surface area (Å²) in [5.41, 5.74) is 1.63. The molecule has 0 spiro atoms. The molecule has 7 nitrogen and oxygen atoms in total. The van der Waals surface area contributed by atoms with Gasteiger partial charge in [-0.1, -0.05) is 31.4 Å². The quantitative estimate of drug-likeness (QED) is 0.690. The first kappa shape index (κ1) is 22.0. The number of ether oxygens (including phenoxy) is 2. The maximum atomic E-state index is 13.2. The van der Waals surface area contributed by atoms with Crippen molar-refractivity contribution in [2.24, 2.45) is 11.8 Å². The highest BCUT2D eigenvalue weighted by atomic mass is 16.5. The number of anilines is 2. The zero-order chi connectivity index (χ0) is 22.5. The van der Waals surface area contributed by atoms with Gasteiger partial charge in [-0.3, -0.25) is 4.79 Å². The van der Waals surface area contributed by atoms with Crippen LogP contribution in [-0.2, 0) is 0 Å². The number of likely N-dealkylation sites (tertiary alicyclic amines) is 1. The lowest BCUT2D eigenvalue weighted by atomic mass is 9.75. The van der Waals surface area contributed by atoms with Gasteiger partial charge in [0.15, 0.2) is 0 Å². The van der Waals surface area contributed by atoms with E-state index in [4.69, 9.17) is 9.47 Å². The molecule has 1 aliphatic heterocycles. The molecular weight excluding hydrogens is 406 g/mol. The summed E-state index contributed by atoms with van der Waals surface area (Å²) >= 11 is 0. The number of hydrogen-bond acceptors (Lipinski definition) is 4. The van der Waals surface area contributed by atoms with Gasteiger partial charge in [-0.2, -0.15) is 0 Å². The average molecular weight is 438 g/mol. The monoisotopic (exact) mass is 437 g/mol. The Kier molecular flexibility index (Phi) is 6.83. The maximum Gasteiger partial charge on any atom is 0.323 e. The van der Waals surface area contributed by atoms with Gasteiger partial charge in [0, 0.05) is 24.8 Å². The number of rotatable bonds is 5. The summed E-state index contributed by atoms with van der Waals surface area (Å²) in [5, 5.41) is 5.56. The lowest BCUT2D eigenvalue weighted by Crippen LogP contribution is -2.44. The van der Waals surface area contributed by atoms with Gasteiger partial charge in [0.25, 0.3) is 5.91 Å². The first-order chi connectivity index (χ1) is 15.6. The molecule has 32 heavy (non-hydrogen) atoms. The fraction of sp³-hybridized carbons (Fsp3) is 0.440. The molecule has 4 rings (SSSR count). The lowest BCUT2D eigenvalue weighted by molar-refractivity contribution is 0.0518. The van der Waals surface area contributed by atoms with E-state index in [9.17, 15) is 9.59 Å². The van der Waals surface area contributed by atoms with E-state index in [0.717, 1.165) is 25.4 Å². The number of hydrogen-bond donors (Lipinski definition) is 2. The van der Waals surface area contributed by atoms with E-state index < -0.39 is 6.03 Å². The van der Waals surface area contributed by atoms with Gasteiger partial charge >= 0.3 is 6.03 Å². The summed E-state index contributed by atoms with van der Waals surface area (Å²) in [6, 6.07) is 11.9. The molecule has 2 aromatic rings. The lowest BCUT2D eigenvalue weighted by Gasteiger charge is -2.41. The van der Waals surface area contributed by atoms with Crippen molar-refractivity contribution in [2.45, 2.75) is 32.1 Å². The number of carbonyl (C=O) groups is 2. The highest BCUT2D eigenvalue weighted by Gasteiger charge is 2.33. The van der Waals surface area contributed by atoms with E-state index in [0.29, 0.717) is 34.4 Å². The van der Waals surface area contributed by atoms with Crippen LogP contribution >= 0.6 is 0 Å².